The van der Waals surface area contributed by atoms with Crippen LogP contribution in [0.1, 0.15) is 17.3 Å². The van der Waals surface area contributed by atoms with Crippen LogP contribution in [-0.4, -0.2) is 31.3 Å². The van der Waals surface area contributed by atoms with Crippen molar-refractivity contribution >= 4 is 46.6 Å². The van der Waals surface area contributed by atoms with Gasteiger partial charge in [0.1, 0.15) is 11.5 Å². The number of nitrogens with one attached hydrogen (secondary N) is 2. The minimum Gasteiger partial charge on any atom is -0.497 e. The van der Waals surface area contributed by atoms with Crippen molar-refractivity contribution in [2.24, 2.45) is 0 Å². The summed E-state index contributed by atoms with van der Waals surface area (Å²) < 4.78 is 10.5. The highest BCUT2D eigenvalue weighted by Crippen LogP contribution is 2.31. The van der Waals surface area contributed by atoms with Gasteiger partial charge in [0.2, 0.25) is 5.91 Å². The Labute approximate surface area is 196 Å². The van der Waals surface area contributed by atoms with Crippen LogP contribution in [0.3, 0.4) is 0 Å². The fourth-order valence-electron chi connectivity index (χ4n) is 2.87. The first-order valence-corrected chi connectivity index (χ1v) is 11.0. The summed E-state index contributed by atoms with van der Waals surface area (Å²) in [7, 11) is 3.10. The SMILES string of the molecule is COc1ccc(NC(=O)C(C)Sc2cccc(NC(=O)c3cccc(Cl)c3)c2)c(OC)c1. The van der Waals surface area contributed by atoms with E-state index < -0.39 is 0 Å². The van der Waals surface area contributed by atoms with Crippen LogP contribution < -0.4 is 20.1 Å². The number of ether oxygens (including phenoxy) is 2. The number of benzene rings is 3. The molecule has 0 saturated carbocycles. The van der Waals surface area contributed by atoms with Crippen LogP contribution in [0.25, 0.3) is 0 Å². The fourth-order valence-corrected chi connectivity index (χ4v) is 3.99. The number of thioether (sulfide) groups is 1. The Kier molecular flexibility index (Phi) is 8.03. The van der Waals surface area contributed by atoms with Crippen molar-refractivity contribution in [1.29, 1.82) is 0 Å². The van der Waals surface area contributed by atoms with Gasteiger partial charge in [-0.2, -0.15) is 0 Å². The van der Waals surface area contributed by atoms with Crippen LogP contribution >= 0.6 is 23.4 Å². The van der Waals surface area contributed by atoms with Crippen LogP contribution in [0.5, 0.6) is 11.5 Å². The maximum atomic E-state index is 12.7. The predicted molar refractivity (Wildman–Crippen MR) is 129 cm³/mol. The third-order valence-corrected chi connectivity index (χ3v) is 5.86. The van der Waals surface area contributed by atoms with Gasteiger partial charge in [-0.15, -0.1) is 11.8 Å². The quantitative estimate of drug-likeness (QED) is 0.411. The molecule has 0 heterocycles. The summed E-state index contributed by atoms with van der Waals surface area (Å²) >= 11 is 7.34. The Morgan fingerprint density at radius 1 is 0.938 bits per heavy atom. The maximum Gasteiger partial charge on any atom is 0.255 e. The van der Waals surface area contributed by atoms with Gasteiger partial charge in [-0.05, 0) is 55.5 Å². The second kappa shape index (κ2) is 10.9. The minimum atomic E-state index is -0.388. The Hall–Kier alpha value is -3.16. The van der Waals surface area contributed by atoms with Gasteiger partial charge in [0.05, 0.1) is 25.2 Å². The number of halogens is 1. The van der Waals surface area contributed by atoms with Crippen molar-refractivity contribution in [2.45, 2.75) is 17.1 Å². The van der Waals surface area contributed by atoms with Crippen molar-refractivity contribution in [3.63, 3.8) is 0 Å². The number of rotatable bonds is 8. The second-order valence-electron chi connectivity index (χ2n) is 6.81. The second-order valence-corrected chi connectivity index (χ2v) is 8.66. The first-order chi connectivity index (χ1) is 15.4. The van der Waals surface area contributed by atoms with Gasteiger partial charge in [-0.3, -0.25) is 9.59 Å². The Bertz CT molecular complexity index is 1120. The lowest BCUT2D eigenvalue weighted by molar-refractivity contribution is -0.115. The molecular weight excluding hydrogens is 448 g/mol. The zero-order valence-corrected chi connectivity index (χ0v) is 19.4. The molecule has 0 spiro atoms. The van der Waals surface area contributed by atoms with Gasteiger partial charge >= 0.3 is 0 Å². The lowest BCUT2D eigenvalue weighted by Crippen LogP contribution is -2.22. The van der Waals surface area contributed by atoms with E-state index in [1.165, 1.54) is 18.9 Å². The molecule has 0 aliphatic rings. The summed E-state index contributed by atoms with van der Waals surface area (Å²) in [6.07, 6.45) is 0. The lowest BCUT2D eigenvalue weighted by Gasteiger charge is -2.15. The predicted octanol–water partition coefficient (Wildman–Crippen LogP) is 5.73. The Morgan fingerprint density at radius 2 is 1.72 bits per heavy atom. The van der Waals surface area contributed by atoms with E-state index in [1.807, 2.05) is 25.1 Å². The van der Waals surface area contributed by atoms with Crippen LogP contribution in [0.4, 0.5) is 11.4 Å². The summed E-state index contributed by atoms with van der Waals surface area (Å²) in [5.41, 5.74) is 1.66. The van der Waals surface area contributed by atoms with E-state index in [0.717, 1.165) is 4.90 Å². The van der Waals surface area contributed by atoms with Crippen molar-refractivity contribution in [2.75, 3.05) is 24.9 Å². The summed E-state index contributed by atoms with van der Waals surface area (Å²) in [5.74, 6) is 0.721. The molecule has 3 aromatic rings. The molecule has 3 rings (SSSR count). The standard InChI is InChI=1S/C24H23ClN2O4S/c1-15(23(28)27-21-11-10-19(30-2)14-22(21)31-3)32-20-9-5-8-18(13-20)26-24(29)16-6-4-7-17(25)12-16/h4-15H,1-3H3,(H,26,29)(H,27,28). The van der Waals surface area contributed by atoms with Crippen molar-refractivity contribution < 1.29 is 19.1 Å². The molecule has 2 amide bonds. The Morgan fingerprint density at radius 3 is 2.44 bits per heavy atom. The van der Waals surface area contributed by atoms with Crippen LogP contribution in [0.2, 0.25) is 5.02 Å². The minimum absolute atomic E-state index is 0.174. The first-order valence-electron chi connectivity index (χ1n) is 9.76. The molecule has 166 valence electrons. The van der Waals surface area contributed by atoms with Gasteiger partial charge in [0, 0.05) is 27.2 Å². The molecule has 0 fully saturated rings. The topological polar surface area (TPSA) is 76.7 Å². The summed E-state index contributed by atoms with van der Waals surface area (Å²) in [6, 6.07) is 19.3. The summed E-state index contributed by atoms with van der Waals surface area (Å²) in [5, 5.41) is 5.85. The number of hydrogen-bond donors (Lipinski definition) is 2. The number of methoxy groups -OCH3 is 2. The molecule has 0 aliphatic heterocycles. The highest BCUT2D eigenvalue weighted by Gasteiger charge is 2.17. The molecule has 2 N–H and O–H groups in total. The molecule has 3 aromatic carbocycles. The monoisotopic (exact) mass is 470 g/mol. The van der Waals surface area contributed by atoms with Gasteiger partial charge in [-0.25, -0.2) is 0 Å². The van der Waals surface area contributed by atoms with Crippen LogP contribution in [0, 0.1) is 0 Å². The van der Waals surface area contributed by atoms with Gasteiger partial charge in [-0.1, -0.05) is 23.7 Å². The van der Waals surface area contributed by atoms with Crippen molar-refractivity contribution in [3.05, 3.63) is 77.3 Å². The fraction of sp³-hybridized carbons (Fsp3) is 0.167. The van der Waals surface area contributed by atoms with E-state index in [2.05, 4.69) is 10.6 Å². The number of anilines is 2. The maximum absolute atomic E-state index is 12.7. The van der Waals surface area contributed by atoms with Crippen molar-refractivity contribution in [1.82, 2.24) is 0 Å². The van der Waals surface area contributed by atoms with E-state index in [9.17, 15) is 9.59 Å². The third-order valence-electron chi connectivity index (χ3n) is 4.53. The first kappa shape index (κ1) is 23.5. The number of carbonyl (C=O) groups excluding carboxylic acids is 2. The molecule has 0 aromatic heterocycles. The molecule has 6 nitrogen and oxygen atoms in total. The van der Waals surface area contributed by atoms with Gasteiger partial charge in [0.15, 0.2) is 0 Å². The summed E-state index contributed by atoms with van der Waals surface area (Å²) in [6.45, 7) is 1.81. The van der Waals surface area contributed by atoms with Crippen LogP contribution in [-0.2, 0) is 4.79 Å². The Balaban J connectivity index is 1.64. The highest BCUT2D eigenvalue weighted by molar-refractivity contribution is 8.00. The van der Waals surface area contributed by atoms with Gasteiger partial charge < -0.3 is 20.1 Å². The lowest BCUT2D eigenvalue weighted by atomic mass is 10.2. The molecule has 0 saturated heterocycles. The molecule has 0 bridgehead atoms. The molecule has 8 heteroatoms. The molecule has 1 atom stereocenters. The third kappa shape index (κ3) is 6.18. The van der Waals surface area contributed by atoms with E-state index >= 15 is 0 Å². The largest absolute Gasteiger partial charge is 0.497 e. The molecular formula is C24H23ClN2O4S. The molecule has 1 unspecified atom stereocenters. The van der Waals surface area contributed by atoms with E-state index in [-0.39, 0.29) is 17.1 Å². The van der Waals surface area contributed by atoms with E-state index in [1.54, 1.807) is 55.6 Å². The molecule has 32 heavy (non-hydrogen) atoms. The normalized spacial score (nSPS) is 11.4. The van der Waals surface area contributed by atoms with E-state index in [4.69, 9.17) is 21.1 Å². The number of carbonyl (C=O) groups is 2. The molecule has 0 radical (unpaired) electrons. The van der Waals surface area contributed by atoms with E-state index in [0.29, 0.717) is 33.5 Å². The number of amides is 2. The van der Waals surface area contributed by atoms with Crippen LogP contribution in [0.15, 0.2) is 71.6 Å². The zero-order chi connectivity index (χ0) is 23.1. The average molecular weight is 471 g/mol. The highest BCUT2D eigenvalue weighted by atomic mass is 35.5. The molecule has 0 aliphatic carbocycles. The van der Waals surface area contributed by atoms with Crippen molar-refractivity contribution in [3.8, 4) is 11.5 Å². The smallest absolute Gasteiger partial charge is 0.255 e. The zero-order valence-electron chi connectivity index (χ0n) is 17.8. The average Bonchev–Trinajstić information content (AvgIpc) is 2.79. The summed E-state index contributed by atoms with van der Waals surface area (Å²) in [4.78, 5) is 26.0. The van der Waals surface area contributed by atoms with Gasteiger partial charge in [0.25, 0.3) is 5.91 Å². The number of hydrogen-bond acceptors (Lipinski definition) is 5.